The van der Waals surface area contributed by atoms with Crippen molar-refractivity contribution in [2.24, 2.45) is 0 Å². The van der Waals surface area contributed by atoms with Crippen LogP contribution in [0.3, 0.4) is 0 Å². The number of likely N-dealkylation sites (tertiary alicyclic amines) is 1. The minimum Gasteiger partial charge on any atom is -0.484 e. The minimum absolute atomic E-state index is 0.0538. The molecule has 2 aromatic rings. The molecule has 4 nitrogen and oxygen atoms in total. The van der Waals surface area contributed by atoms with Crippen LogP contribution in [-0.2, 0) is 4.79 Å². The van der Waals surface area contributed by atoms with Crippen LogP contribution in [0.5, 0.6) is 5.75 Å². The first-order valence-corrected chi connectivity index (χ1v) is 10.3. The Morgan fingerprint density at radius 2 is 1.92 bits per heavy atom. The summed E-state index contributed by atoms with van der Waals surface area (Å²) in [5.41, 5.74) is 1.27. The van der Waals surface area contributed by atoms with E-state index in [2.05, 4.69) is 53.7 Å². The van der Waals surface area contributed by atoms with E-state index in [9.17, 15) is 4.79 Å². The molecule has 0 radical (unpaired) electrons. The van der Waals surface area contributed by atoms with Crippen LogP contribution in [0.2, 0.25) is 0 Å². The van der Waals surface area contributed by atoms with Crippen molar-refractivity contribution in [3.8, 4) is 5.75 Å². The fourth-order valence-corrected chi connectivity index (χ4v) is 4.16. The summed E-state index contributed by atoms with van der Waals surface area (Å²) in [6.07, 6.45) is 2.48. The number of amides is 1. The quantitative estimate of drug-likeness (QED) is 0.755. The molecule has 1 saturated heterocycles. The second-order valence-electron chi connectivity index (χ2n) is 7.09. The molecule has 1 aliphatic heterocycles. The molecule has 1 N–H and O–H groups in total. The van der Waals surface area contributed by atoms with E-state index < -0.39 is 0 Å². The Labute approximate surface area is 160 Å². The smallest absolute Gasteiger partial charge is 0.258 e. The van der Waals surface area contributed by atoms with Crippen molar-refractivity contribution >= 4 is 17.2 Å². The van der Waals surface area contributed by atoms with Crippen molar-refractivity contribution in [1.82, 2.24) is 10.2 Å². The van der Waals surface area contributed by atoms with Crippen LogP contribution in [0.25, 0.3) is 0 Å². The highest BCUT2D eigenvalue weighted by Gasteiger charge is 2.24. The lowest BCUT2D eigenvalue weighted by Gasteiger charge is -2.26. The van der Waals surface area contributed by atoms with Crippen molar-refractivity contribution in [2.45, 2.75) is 38.6 Å². The second kappa shape index (κ2) is 9.19. The number of nitrogens with one attached hydrogen (secondary N) is 1. The molecule has 1 aromatic carbocycles. The van der Waals surface area contributed by atoms with Crippen LogP contribution < -0.4 is 10.1 Å². The standard InChI is InChI=1S/C21H28N2O2S/c1-16(2)17-7-9-18(10-8-17)25-15-21(24)22-14-19(20-6-5-13-26-20)23-11-3-4-12-23/h5-10,13,16,19H,3-4,11-12,14-15H2,1-2H3,(H,22,24). The zero-order chi connectivity index (χ0) is 18.4. The first-order chi connectivity index (χ1) is 12.6. The predicted molar refractivity (Wildman–Crippen MR) is 107 cm³/mol. The first kappa shape index (κ1) is 18.9. The number of hydrogen-bond donors (Lipinski definition) is 1. The molecule has 26 heavy (non-hydrogen) atoms. The SMILES string of the molecule is CC(C)c1ccc(OCC(=O)NCC(c2cccs2)N2CCCC2)cc1. The maximum absolute atomic E-state index is 12.2. The molecule has 1 aromatic heterocycles. The van der Waals surface area contributed by atoms with Crippen LogP contribution in [0, 0.1) is 0 Å². The molecule has 1 aliphatic rings. The molecule has 0 saturated carbocycles. The molecule has 0 bridgehead atoms. The Morgan fingerprint density at radius 1 is 1.19 bits per heavy atom. The van der Waals surface area contributed by atoms with Crippen molar-refractivity contribution in [3.63, 3.8) is 0 Å². The number of carbonyl (C=O) groups is 1. The Morgan fingerprint density at radius 3 is 2.54 bits per heavy atom. The molecule has 1 atom stereocenters. The van der Waals surface area contributed by atoms with Gasteiger partial charge in [-0.15, -0.1) is 11.3 Å². The van der Waals surface area contributed by atoms with Gasteiger partial charge in [0.1, 0.15) is 5.75 Å². The van der Waals surface area contributed by atoms with E-state index in [1.807, 2.05) is 12.1 Å². The van der Waals surface area contributed by atoms with Crippen LogP contribution in [0.15, 0.2) is 41.8 Å². The number of rotatable bonds is 8. The van der Waals surface area contributed by atoms with Crippen LogP contribution >= 0.6 is 11.3 Å². The van der Waals surface area contributed by atoms with E-state index in [0.29, 0.717) is 12.5 Å². The van der Waals surface area contributed by atoms with Gasteiger partial charge in [0, 0.05) is 11.4 Å². The average Bonchev–Trinajstić information content (AvgIpc) is 3.35. The molecule has 1 amide bonds. The Balaban J connectivity index is 1.49. The maximum atomic E-state index is 12.2. The Bertz CT molecular complexity index is 677. The monoisotopic (exact) mass is 372 g/mol. The second-order valence-corrected chi connectivity index (χ2v) is 8.07. The first-order valence-electron chi connectivity index (χ1n) is 9.40. The van der Waals surface area contributed by atoms with E-state index >= 15 is 0 Å². The summed E-state index contributed by atoms with van der Waals surface area (Å²) in [5, 5.41) is 5.15. The molecule has 0 spiro atoms. The summed E-state index contributed by atoms with van der Waals surface area (Å²) in [6, 6.07) is 12.5. The normalized spacial score (nSPS) is 16.0. The lowest BCUT2D eigenvalue weighted by atomic mass is 10.0. The lowest BCUT2D eigenvalue weighted by molar-refractivity contribution is -0.123. The van der Waals surface area contributed by atoms with Gasteiger partial charge >= 0.3 is 0 Å². The Hall–Kier alpha value is -1.85. The predicted octanol–water partition coefficient (Wildman–Crippen LogP) is 4.20. The van der Waals surface area contributed by atoms with E-state index in [0.717, 1.165) is 18.8 Å². The van der Waals surface area contributed by atoms with Gasteiger partial charge in [0.2, 0.25) is 0 Å². The molecule has 1 fully saturated rings. The van der Waals surface area contributed by atoms with Gasteiger partial charge in [0.05, 0.1) is 6.04 Å². The highest BCUT2D eigenvalue weighted by Crippen LogP contribution is 2.27. The lowest BCUT2D eigenvalue weighted by Crippen LogP contribution is -2.38. The van der Waals surface area contributed by atoms with Gasteiger partial charge in [0.25, 0.3) is 5.91 Å². The van der Waals surface area contributed by atoms with Crippen LogP contribution in [0.1, 0.15) is 49.1 Å². The maximum Gasteiger partial charge on any atom is 0.258 e. The summed E-state index contributed by atoms with van der Waals surface area (Å²) >= 11 is 1.76. The number of hydrogen-bond acceptors (Lipinski definition) is 4. The fraction of sp³-hybridized carbons (Fsp3) is 0.476. The van der Waals surface area contributed by atoms with Gasteiger partial charge in [-0.05, 0) is 61.0 Å². The Kier molecular flexibility index (Phi) is 6.69. The highest BCUT2D eigenvalue weighted by molar-refractivity contribution is 7.10. The summed E-state index contributed by atoms with van der Waals surface area (Å²) in [5.74, 6) is 1.16. The van der Waals surface area contributed by atoms with Gasteiger partial charge in [-0.1, -0.05) is 32.0 Å². The van der Waals surface area contributed by atoms with Crippen molar-refractivity contribution in [1.29, 1.82) is 0 Å². The van der Waals surface area contributed by atoms with Gasteiger partial charge < -0.3 is 10.1 Å². The van der Waals surface area contributed by atoms with E-state index in [1.54, 1.807) is 11.3 Å². The third-order valence-corrected chi connectivity index (χ3v) is 5.84. The van der Waals surface area contributed by atoms with E-state index in [1.165, 1.54) is 23.3 Å². The van der Waals surface area contributed by atoms with Crippen LogP contribution in [0.4, 0.5) is 0 Å². The zero-order valence-electron chi connectivity index (χ0n) is 15.6. The van der Waals surface area contributed by atoms with Gasteiger partial charge in [-0.3, -0.25) is 9.69 Å². The molecule has 5 heteroatoms. The van der Waals surface area contributed by atoms with Gasteiger partial charge in [-0.2, -0.15) is 0 Å². The molecular weight excluding hydrogens is 344 g/mol. The molecule has 3 rings (SSSR count). The molecule has 1 unspecified atom stereocenters. The van der Waals surface area contributed by atoms with Crippen molar-refractivity contribution < 1.29 is 9.53 Å². The summed E-state index contributed by atoms with van der Waals surface area (Å²) in [4.78, 5) is 16.0. The van der Waals surface area contributed by atoms with E-state index in [-0.39, 0.29) is 18.6 Å². The molecular formula is C21H28N2O2S. The number of carbonyl (C=O) groups excluding carboxylic acids is 1. The molecule has 0 aliphatic carbocycles. The summed E-state index contributed by atoms with van der Waals surface area (Å²) in [7, 11) is 0. The number of ether oxygens (including phenoxy) is 1. The number of nitrogens with zero attached hydrogens (tertiary/aromatic N) is 1. The van der Waals surface area contributed by atoms with Gasteiger partial charge in [0.15, 0.2) is 6.61 Å². The zero-order valence-corrected chi connectivity index (χ0v) is 16.4. The van der Waals surface area contributed by atoms with E-state index in [4.69, 9.17) is 4.74 Å². The number of thiophene rings is 1. The summed E-state index contributed by atoms with van der Waals surface area (Å²) < 4.78 is 5.63. The highest BCUT2D eigenvalue weighted by atomic mass is 32.1. The topological polar surface area (TPSA) is 41.6 Å². The molecule has 2 heterocycles. The van der Waals surface area contributed by atoms with Crippen LogP contribution in [-0.4, -0.2) is 37.0 Å². The third kappa shape index (κ3) is 5.08. The number of benzene rings is 1. The fourth-order valence-electron chi connectivity index (χ4n) is 3.30. The van der Waals surface area contributed by atoms with Crippen molar-refractivity contribution in [2.75, 3.05) is 26.2 Å². The average molecular weight is 373 g/mol. The minimum atomic E-state index is -0.0707. The largest absolute Gasteiger partial charge is 0.484 e. The van der Waals surface area contributed by atoms with Gasteiger partial charge in [-0.25, -0.2) is 0 Å². The summed E-state index contributed by atoms with van der Waals surface area (Å²) in [6.45, 7) is 7.23. The molecule has 140 valence electrons. The third-order valence-electron chi connectivity index (χ3n) is 4.86. The van der Waals surface area contributed by atoms with Crippen molar-refractivity contribution in [3.05, 3.63) is 52.2 Å².